The molecule has 2 aromatic carbocycles. The third-order valence-electron chi connectivity index (χ3n) is 4.86. The number of carbonyl (C=O) groups excluding carboxylic acids is 1. The lowest BCUT2D eigenvalue weighted by atomic mass is 9.96. The minimum absolute atomic E-state index is 0.0814. The number of rotatable bonds is 10. The van der Waals surface area contributed by atoms with Crippen LogP contribution < -0.4 is 14.4 Å². The fourth-order valence-corrected chi connectivity index (χ4v) is 3.62. The van der Waals surface area contributed by atoms with Crippen LogP contribution in [-0.4, -0.2) is 33.7 Å². The van der Waals surface area contributed by atoms with Gasteiger partial charge in [0, 0.05) is 7.05 Å². The second kappa shape index (κ2) is 10.5. The van der Waals surface area contributed by atoms with Gasteiger partial charge in [-0.05, 0) is 48.6 Å². The molecule has 0 radical (unpaired) electrons. The molecule has 1 amide bonds. The minimum atomic E-state index is -3.33. The second-order valence-electron chi connectivity index (χ2n) is 7.84. The number of amides is 1. The smallest absolute Gasteiger partial charge is 0.261 e. The van der Waals surface area contributed by atoms with Crippen LogP contribution in [0, 0.1) is 5.92 Å². The zero-order valence-corrected chi connectivity index (χ0v) is 19.1. The highest BCUT2D eigenvalue weighted by molar-refractivity contribution is 7.92. The summed E-state index contributed by atoms with van der Waals surface area (Å²) < 4.78 is 30.4. The van der Waals surface area contributed by atoms with E-state index in [9.17, 15) is 13.2 Å². The molecule has 0 heterocycles. The number of benzene rings is 2. The van der Waals surface area contributed by atoms with Crippen molar-refractivity contribution in [1.82, 2.24) is 5.32 Å². The van der Waals surface area contributed by atoms with E-state index in [4.69, 9.17) is 4.74 Å². The van der Waals surface area contributed by atoms with Crippen molar-refractivity contribution in [2.45, 2.75) is 45.8 Å². The van der Waals surface area contributed by atoms with Gasteiger partial charge in [-0.3, -0.25) is 9.10 Å². The van der Waals surface area contributed by atoms with Gasteiger partial charge in [0.1, 0.15) is 5.75 Å². The molecule has 0 fully saturated rings. The van der Waals surface area contributed by atoms with Gasteiger partial charge in [-0.25, -0.2) is 8.42 Å². The maximum Gasteiger partial charge on any atom is 0.261 e. The van der Waals surface area contributed by atoms with Crippen molar-refractivity contribution < 1.29 is 17.9 Å². The monoisotopic (exact) mass is 432 g/mol. The fourth-order valence-electron chi connectivity index (χ4n) is 3.11. The summed E-state index contributed by atoms with van der Waals surface area (Å²) in [5.41, 5.74) is 1.60. The Balaban J connectivity index is 2.10. The van der Waals surface area contributed by atoms with Crippen LogP contribution in [0.1, 0.15) is 45.2 Å². The summed E-state index contributed by atoms with van der Waals surface area (Å²) in [6.45, 7) is 6.16. The van der Waals surface area contributed by atoms with Gasteiger partial charge >= 0.3 is 0 Å². The van der Waals surface area contributed by atoms with E-state index in [1.54, 1.807) is 24.3 Å². The van der Waals surface area contributed by atoms with Crippen LogP contribution in [0.25, 0.3) is 0 Å². The first-order valence-electron chi connectivity index (χ1n) is 10.2. The Morgan fingerprint density at radius 3 is 2.17 bits per heavy atom. The molecule has 0 bridgehead atoms. The van der Waals surface area contributed by atoms with E-state index in [2.05, 4.69) is 19.2 Å². The van der Waals surface area contributed by atoms with E-state index in [1.807, 2.05) is 37.3 Å². The van der Waals surface area contributed by atoms with E-state index < -0.39 is 16.1 Å². The third-order valence-corrected chi connectivity index (χ3v) is 6.07. The quantitative estimate of drug-likeness (QED) is 0.612. The highest BCUT2D eigenvalue weighted by atomic mass is 32.2. The molecule has 0 saturated heterocycles. The molecule has 0 saturated carbocycles. The van der Waals surface area contributed by atoms with Gasteiger partial charge < -0.3 is 10.1 Å². The van der Waals surface area contributed by atoms with Gasteiger partial charge in [-0.15, -0.1) is 0 Å². The first-order chi connectivity index (χ1) is 14.1. The minimum Gasteiger partial charge on any atom is -0.481 e. The van der Waals surface area contributed by atoms with Gasteiger partial charge in [0.05, 0.1) is 18.0 Å². The molecule has 164 valence electrons. The van der Waals surface area contributed by atoms with Gasteiger partial charge in [-0.1, -0.05) is 51.1 Å². The third kappa shape index (κ3) is 6.76. The van der Waals surface area contributed by atoms with Gasteiger partial charge in [0.2, 0.25) is 10.0 Å². The van der Waals surface area contributed by atoms with Crippen LogP contribution >= 0.6 is 0 Å². The fraction of sp³-hybridized carbons (Fsp3) is 0.435. The molecule has 6 nitrogen and oxygen atoms in total. The predicted molar refractivity (Wildman–Crippen MR) is 121 cm³/mol. The zero-order chi connectivity index (χ0) is 22.3. The lowest BCUT2D eigenvalue weighted by Crippen LogP contribution is -2.40. The highest BCUT2D eigenvalue weighted by Crippen LogP contribution is 2.24. The van der Waals surface area contributed by atoms with Crippen molar-refractivity contribution in [1.29, 1.82) is 0 Å². The van der Waals surface area contributed by atoms with E-state index in [0.29, 0.717) is 23.8 Å². The van der Waals surface area contributed by atoms with Crippen molar-refractivity contribution in [3.63, 3.8) is 0 Å². The van der Waals surface area contributed by atoms with Crippen LogP contribution in [-0.2, 0) is 14.8 Å². The average molecular weight is 433 g/mol. The van der Waals surface area contributed by atoms with Crippen LogP contribution in [0.3, 0.4) is 0 Å². The van der Waals surface area contributed by atoms with Crippen molar-refractivity contribution in [3.8, 4) is 5.75 Å². The van der Waals surface area contributed by atoms with Crippen molar-refractivity contribution in [2.24, 2.45) is 5.92 Å². The summed E-state index contributed by atoms with van der Waals surface area (Å²) in [6.07, 6.45) is 1.86. The van der Waals surface area contributed by atoms with Crippen molar-refractivity contribution in [3.05, 3.63) is 60.2 Å². The Bertz CT molecular complexity index is 912. The standard InChI is InChI=1S/C23H32N2O4S/c1-6-22(29-20-14-12-19(13-15-20)25(4)30(5,27)28)23(26)24-21(16-17(2)3)18-10-8-7-9-11-18/h7-15,17,21-22H,6,16H2,1-5H3,(H,24,26)/t21-,22-/m0/s1. The molecule has 0 aromatic heterocycles. The molecule has 0 aliphatic heterocycles. The number of nitrogens with zero attached hydrogens (tertiary/aromatic N) is 1. The highest BCUT2D eigenvalue weighted by Gasteiger charge is 2.23. The number of nitrogens with one attached hydrogen (secondary N) is 1. The summed E-state index contributed by atoms with van der Waals surface area (Å²) in [4.78, 5) is 12.9. The van der Waals surface area contributed by atoms with E-state index in [-0.39, 0.29) is 11.9 Å². The Morgan fingerprint density at radius 2 is 1.67 bits per heavy atom. The molecule has 0 unspecified atom stereocenters. The normalized spacial score (nSPS) is 13.5. The van der Waals surface area contributed by atoms with Crippen LogP contribution in [0.2, 0.25) is 0 Å². The van der Waals surface area contributed by atoms with E-state index >= 15 is 0 Å². The number of hydrogen-bond acceptors (Lipinski definition) is 4. The molecule has 2 atom stereocenters. The van der Waals surface area contributed by atoms with Crippen LogP contribution in [0.4, 0.5) is 5.69 Å². The number of sulfonamides is 1. The van der Waals surface area contributed by atoms with Crippen molar-refractivity contribution >= 4 is 21.6 Å². The number of anilines is 1. The maximum atomic E-state index is 12.9. The summed E-state index contributed by atoms with van der Waals surface area (Å²) in [5.74, 6) is 0.781. The SMILES string of the molecule is CC[C@H](Oc1ccc(N(C)S(C)(=O)=O)cc1)C(=O)N[C@@H](CC(C)C)c1ccccc1. The lowest BCUT2D eigenvalue weighted by molar-refractivity contribution is -0.129. The van der Waals surface area contributed by atoms with Gasteiger partial charge in [0.25, 0.3) is 5.91 Å². The zero-order valence-electron chi connectivity index (χ0n) is 18.3. The molecule has 0 aliphatic rings. The Kier molecular flexibility index (Phi) is 8.29. The van der Waals surface area contributed by atoms with Crippen LogP contribution in [0.5, 0.6) is 5.75 Å². The number of carbonyl (C=O) groups is 1. The molecular weight excluding hydrogens is 400 g/mol. The van der Waals surface area contributed by atoms with E-state index in [0.717, 1.165) is 18.2 Å². The van der Waals surface area contributed by atoms with Gasteiger partial charge in [-0.2, -0.15) is 0 Å². The molecule has 2 rings (SSSR count). The maximum absolute atomic E-state index is 12.9. The number of hydrogen-bond donors (Lipinski definition) is 1. The van der Waals surface area contributed by atoms with E-state index in [1.165, 1.54) is 11.4 Å². The van der Waals surface area contributed by atoms with Gasteiger partial charge in [0.15, 0.2) is 6.10 Å². The summed E-state index contributed by atoms with van der Waals surface area (Å²) in [7, 11) is -1.84. The first-order valence-corrected chi connectivity index (χ1v) is 12.0. The predicted octanol–water partition coefficient (Wildman–Crippen LogP) is 4.14. The topological polar surface area (TPSA) is 75.7 Å². The molecular formula is C23H32N2O4S. The molecule has 2 aromatic rings. The molecule has 0 spiro atoms. The summed E-state index contributed by atoms with van der Waals surface area (Å²) in [6, 6.07) is 16.5. The first kappa shape index (κ1) is 23.7. The summed E-state index contributed by atoms with van der Waals surface area (Å²) >= 11 is 0. The number of ether oxygens (including phenoxy) is 1. The molecule has 1 N–H and O–H groups in total. The molecule has 0 aliphatic carbocycles. The molecule has 30 heavy (non-hydrogen) atoms. The Labute approximate surface area is 180 Å². The largest absolute Gasteiger partial charge is 0.481 e. The average Bonchev–Trinajstić information content (AvgIpc) is 2.71. The van der Waals surface area contributed by atoms with Crippen molar-refractivity contribution in [2.75, 3.05) is 17.6 Å². The van der Waals surface area contributed by atoms with Crippen LogP contribution in [0.15, 0.2) is 54.6 Å². The summed E-state index contributed by atoms with van der Waals surface area (Å²) in [5, 5.41) is 3.13. The Morgan fingerprint density at radius 1 is 1.07 bits per heavy atom. The second-order valence-corrected chi connectivity index (χ2v) is 9.85. The lowest BCUT2D eigenvalue weighted by Gasteiger charge is -2.25. The Hall–Kier alpha value is -2.54. The molecule has 7 heteroatoms.